The van der Waals surface area contributed by atoms with Crippen LogP contribution in [0.15, 0.2) is 0 Å². The minimum absolute atomic E-state index is 0.0796. The summed E-state index contributed by atoms with van der Waals surface area (Å²) in [7, 11) is -2.28. The largest absolute Gasteiger partial charge is 0.481 e. The van der Waals surface area contributed by atoms with Gasteiger partial charge in [0.1, 0.15) is 0 Å². The average molecular weight is 295 g/mol. The Hall–Kier alpha value is -1.15. The summed E-state index contributed by atoms with van der Waals surface area (Å²) in [5.41, 5.74) is 0. The molecule has 8 heteroatoms. The first-order valence-electron chi connectivity index (χ1n) is 6.02. The van der Waals surface area contributed by atoms with Crippen molar-refractivity contribution in [2.24, 2.45) is 5.92 Å². The molecule has 0 aliphatic heterocycles. The molecule has 0 heterocycles. The maximum Gasteiger partial charge on any atom is 0.306 e. The van der Waals surface area contributed by atoms with E-state index in [9.17, 15) is 18.0 Å². The van der Waals surface area contributed by atoms with Gasteiger partial charge in [0.25, 0.3) is 0 Å². The molecular weight excluding hydrogens is 274 g/mol. The molecule has 0 aliphatic carbocycles. The van der Waals surface area contributed by atoms with E-state index in [2.05, 4.69) is 9.46 Å². The van der Waals surface area contributed by atoms with Crippen LogP contribution in [-0.4, -0.2) is 44.9 Å². The van der Waals surface area contributed by atoms with E-state index >= 15 is 0 Å². The minimum Gasteiger partial charge on any atom is -0.481 e. The Morgan fingerprint density at radius 3 is 2.42 bits per heavy atom. The highest BCUT2D eigenvalue weighted by Gasteiger charge is 2.13. The Labute approximate surface area is 113 Å². The van der Waals surface area contributed by atoms with Crippen molar-refractivity contribution >= 4 is 22.0 Å². The third-order valence-electron chi connectivity index (χ3n) is 2.61. The molecule has 0 saturated heterocycles. The van der Waals surface area contributed by atoms with Crippen LogP contribution in [0.2, 0.25) is 0 Å². The van der Waals surface area contributed by atoms with Crippen molar-refractivity contribution in [3.63, 3.8) is 0 Å². The molecule has 1 atom stereocenters. The second-order valence-electron chi connectivity index (χ2n) is 4.37. The number of methoxy groups -OCH3 is 1. The van der Waals surface area contributed by atoms with Gasteiger partial charge < -0.3 is 9.84 Å². The SMILES string of the molecule is COC(=O)CCS(=O)(=O)NCCC(C)CCC(=O)O. The number of hydrogen-bond acceptors (Lipinski definition) is 5. The number of aliphatic carboxylic acids is 1. The summed E-state index contributed by atoms with van der Waals surface area (Å²) >= 11 is 0. The summed E-state index contributed by atoms with van der Waals surface area (Å²) in [5, 5.41) is 8.51. The van der Waals surface area contributed by atoms with Crippen molar-refractivity contribution in [3.8, 4) is 0 Å². The zero-order valence-electron chi connectivity index (χ0n) is 11.2. The zero-order chi connectivity index (χ0) is 14.9. The van der Waals surface area contributed by atoms with Crippen LogP contribution in [0.25, 0.3) is 0 Å². The van der Waals surface area contributed by atoms with E-state index in [0.717, 1.165) is 0 Å². The van der Waals surface area contributed by atoms with E-state index < -0.39 is 22.0 Å². The highest BCUT2D eigenvalue weighted by atomic mass is 32.2. The molecule has 0 radical (unpaired) electrons. The standard InChI is InChI=1S/C11H21NO6S/c1-9(3-4-10(13)14)5-7-12-19(16,17)8-6-11(15)18-2/h9,12H,3-8H2,1-2H3,(H,13,14). The van der Waals surface area contributed by atoms with Gasteiger partial charge in [0, 0.05) is 13.0 Å². The number of carbonyl (C=O) groups excluding carboxylic acids is 1. The summed E-state index contributed by atoms with van der Waals surface area (Å²) in [6.45, 7) is 2.11. The van der Waals surface area contributed by atoms with Gasteiger partial charge in [-0.15, -0.1) is 0 Å². The van der Waals surface area contributed by atoms with Gasteiger partial charge in [0.15, 0.2) is 0 Å². The van der Waals surface area contributed by atoms with Gasteiger partial charge >= 0.3 is 11.9 Å². The number of carboxylic acid groups (broad SMARTS) is 1. The molecule has 0 saturated carbocycles. The molecule has 0 spiro atoms. The number of ether oxygens (including phenoxy) is 1. The summed E-state index contributed by atoms with van der Waals surface area (Å²) in [4.78, 5) is 21.2. The summed E-state index contributed by atoms with van der Waals surface area (Å²) in [5.74, 6) is -1.60. The lowest BCUT2D eigenvalue weighted by Gasteiger charge is -2.11. The smallest absolute Gasteiger partial charge is 0.306 e. The third kappa shape index (κ3) is 10.5. The van der Waals surface area contributed by atoms with Gasteiger partial charge in [-0.3, -0.25) is 9.59 Å². The number of hydrogen-bond donors (Lipinski definition) is 2. The van der Waals surface area contributed by atoms with Crippen LogP contribution in [0.4, 0.5) is 0 Å². The quantitative estimate of drug-likeness (QED) is 0.563. The molecule has 7 nitrogen and oxygen atoms in total. The van der Waals surface area contributed by atoms with Crippen LogP contribution < -0.4 is 4.72 Å². The molecule has 0 rings (SSSR count). The van der Waals surface area contributed by atoms with Gasteiger partial charge in [-0.05, 0) is 18.8 Å². The van der Waals surface area contributed by atoms with Crippen LogP contribution in [0.1, 0.15) is 32.6 Å². The molecule has 0 amide bonds. The first-order chi connectivity index (χ1) is 8.76. The molecule has 0 aromatic carbocycles. The van der Waals surface area contributed by atoms with Crippen LogP contribution in [0.5, 0.6) is 0 Å². The van der Waals surface area contributed by atoms with E-state index in [1.165, 1.54) is 7.11 Å². The first-order valence-corrected chi connectivity index (χ1v) is 7.68. The predicted molar refractivity (Wildman–Crippen MR) is 69.1 cm³/mol. The van der Waals surface area contributed by atoms with Crippen molar-refractivity contribution in [2.45, 2.75) is 32.6 Å². The molecule has 2 N–H and O–H groups in total. The molecular formula is C11H21NO6S. The van der Waals surface area contributed by atoms with Gasteiger partial charge in [-0.2, -0.15) is 0 Å². The van der Waals surface area contributed by atoms with Gasteiger partial charge in [0.05, 0.1) is 19.3 Å². The van der Waals surface area contributed by atoms with Gasteiger partial charge in [0.2, 0.25) is 10.0 Å². The summed E-state index contributed by atoms with van der Waals surface area (Å²) in [6, 6.07) is 0. The summed E-state index contributed by atoms with van der Waals surface area (Å²) in [6.07, 6.45) is 0.973. The Morgan fingerprint density at radius 1 is 1.26 bits per heavy atom. The highest BCUT2D eigenvalue weighted by Crippen LogP contribution is 2.09. The highest BCUT2D eigenvalue weighted by molar-refractivity contribution is 7.89. The van der Waals surface area contributed by atoms with Crippen LogP contribution >= 0.6 is 0 Å². The van der Waals surface area contributed by atoms with Crippen molar-refractivity contribution in [2.75, 3.05) is 19.4 Å². The maximum atomic E-state index is 11.5. The van der Waals surface area contributed by atoms with Crippen LogP contribution in [0.3, 0.4) is 0 Å². The Morgan fingerprint density at radius 2 is 1.89 bits per heavy atom. The van der Waals surface area contributed by atoms with Crippen molar-refractivity contribution < 1.29 is 27.9 Å². The van der Waals surface area contributed by atoms with E-state index in [1.54, 1.807) is 0 Å². The van der Waals surface area contributed by atoms with Crippen molar-refractivity contribution in [3.05, 3.63) is 0 Å². The lowest BCUT2D eigenvalue weighted by Crippen LogP contribution is -2.29. The zero-order valence-corrected chi connectivity index (χ0v) is 12.0. The van der Waals surface area contributed by atoms with Crippen LogP contribution in [-0.2, 0) is 24.3 Å². The fourth-order valence-electron chi connectivity index (χ4n) is 1.37. The Balaban J connectivity index is 3.85. The molecule has 0 aromatic rings. The average Bonchev–Trinajstić information content (AvgIpc) is 2.33. The lowest BCUT2D eigenvalue weighted by atomic mass is 10.0. The first kappa shape index (κ1) is 17.8. The van der Waals surface area contributed by atoms with Gasteiger partial charge in [-0.25, -0.2) is 13.1 Å². The van der Waals surface area contributed by atoms with E-state index in [4.69, 9.17) is 5.11 Å². The molecule has 1 unspecified atom stereocenters. The molecule has 19 heavy (non-hydrogen) atoms. The third-order valence-corrected chi connectivity index (χ3v) is 4.00. The van der Waals surface area contributed by atoms with E-state index in [-0.39, 0.29) is 31.1 Å². The molecule has 0 aliphatic rings. The van der Waals surface area contributed by atoms with Crippen molar-refractivity contribution in [1.29, 1.82) is 0 Å². The Bertz CT molecular complexity index is 392. The molecule has 0 aromatic heterocycles. The number of esters is 1. The van der Waals surface area contributed by atoms with Crippen molar-refractivity contribution in [1.82, 2.24) is 4.72 Å². The molecule has 0 fully saturated rings. The topological polar surface area (TPSA) is 110 Å². The number of carboxylic acids is 1. The monoisotopic (exact) mass is 295 g/mol. The Kier molecular flexibility index (Phi) is 8.33. The lowest BCUT2D eigenvalue weighted by molar-refractivity contribution is -0.140. The minimum atomic E-state index is -3.48. The number of nitrogens with one attached hydrogen (secondary N) is 1. The fourth-order valence-corrected chi connectivity index (χ4v) is 2.38. The van der Waals surface area contributed by atoms with Crippen LogP contribution in [0, 0.1) is 5.92 Å². The molecule has 0 bridgehead atoms. The number of sulfonamides is 1. The normalized spacial score (nSPS) is 12.9. The predicted octanol–water partition coefficient (Wildman–Crippen LogP) is 0.360. The second kappa shape index (κ2) is 8.87. The van der Waals surface area contributed by atoms with E-state index in [1.807, 2.05) is 6.92 Å². The fraction of sp³-hybridized carbons (Fsp3) is 0.818. The number of rotatable bonds is 10. The molecule has 112 valence electrons. The summed E-state index contributed by atoms with van der Waals surface area (Å²) < 4.78 is 29.7. The number of carbonyl (C=O) groups is 2. The van der Waals surface area contributed by atoms with E-state index in [0.29, 0.717) is 12.8 Å². The second-order valence-corrected chi connectivity index (χ2v) is 6.29. The maximum absolute atomic E-state index is 11.5. The van der Waals surface area contributed by atoms with Gasteiger partial charge in [-0.1, -0.05) is 6.92 Å².